The van der Waals surface area contributed by atoms with Crippen LogP contribution in [0.2, 0.25) is 0 Å². The summed E-state index contributed by atoms with van der Waals surface area (Å²) in [6.07, 6.45) is -4.69. The molecule has 0 atom stereocenters. The Morgan fingerprint density at radius 2 is 2.06 bits per heavy atom. The lowest BCUT2D eigenvalue weighted by Crippen LogP contribution is -2.16. The average molecular weight is 262 g/mol. The van der Waals surface area contributed by atoms with Gasteiger partial charge in [-0.3, -0.25) is 4.79 Å². The SMILES string of the molecule is Cc1c(C#N)ccc(C(=O)CCl)c1C(F)(F)F. The highest BCUT2D eigenvalue weighted by molar-refractivity contribution is 6.30. The maximum atomic E-state index is 12.8. The molecule has 0 fully saturated rings. The van der Waals surface area contributed by atoms with Crippen LogP contribution in [0.15, 0.2) is 12.1 Å². The largest absolute Gasteiger partial charge is 0.417 e. The highest BCUT2D eigenvalue weighted by Gasteiger charge is 2.37. The van der Waals surface area contributed by atoms with Gasteiger partial charge in [-0.1, -0.05) is 0 Å². The summed E-state index contributed by atoms with van der Waals surface area (Å²) in [6.45, 7) is 1.16. The van der Waals surface area contributed by atoms with E-state index in [1.54, 1.807) is 6.07 Å². The summed E-state index contributed by atoms with van der Waals surface area (Å²) in [5.41, 5.74) is -1.94. The number of hydrogen-bond donors (Lipinski definition) is 0. The summed E-state index contributed by atoms with van der Waals surface area (Å²) in [7, 11) is 0. The van der Waals surface area contributed by atoms with Gasteiger partial charge in [0.05, 0.1) is 23.1 Å². The standard InChI is InChI=1S/C11H7ClF3NO/c1-6-7(5-16)2-3-8(9(17)4-12)10(6)11(13,14)15/h2-3H,4H2,1H3. The van der Waals surface area contributed by atoms with Crippen molar-refractivity contribution in [1.82, 2.24) is 0 Å². The summed E-state index contributed by atoms with van der Waals surface area (Å²) in [4.78, 5) is 11.3. The number of alkyl halides is 4. The molecule has 0 spiro atoms. The van der Waals surface area contributed by atoms with Crippen molar-refractivity contribution in [2.24, 2.45) is 0 Å². The molecule has 1 aromatic carbocycles. The molecule has 90 valence electrons. The number of nitriles is 1. The molecule has 0 heterocycles. The number of carbonyl (C=O) groups is 1. The molecule has 0 saturated heterocycles. The number of nitrogens with zero attached hydrogens (tertiary/aromatic N) is 1. The van der Waals surface area contributed by atoms with Crippen molar-refractivity contribution in [2.45, 2.75) is 13.1 Å². The first-order chi connectivity index (χ1) is 7.82. The average Bonchev–Trinajstić information content (AvgIpc) is 2.25. The number of hydrogen-bond acceptors (Lipinski definition) is 2. The van der Waals surface area contributed by atoms with Crippen LogP contribution in [0.4, 0.5) is 13.2 Å². The molecule has 6 heteroatoms. The first-order valence-electron chi connectivity index (χ1n) is 4.53. The maximum absolute atomic E-state index is 12.8. The zero-order valence-electron chi connectivity index (χ0n) is 8.73. The predicted molar refractivity (Wildman–Crippen MR) is 55.9 cm³/mol. The van der Waals surface area contributed by atoms with E-state index in [2.05, 4.69) is 0 Å². The van der Waals surface area contributed by atoms with E-state index in [1.165, 1.54) is 6.07 Å². The zero-order valence-corrected chi connectivity index (χ0v) is 9.49. The van der Waals surface area contributed by atoms with Gasteiger partial charge in [-0.2, -0.15) is 18.4 Å². The molecule has 0 bridgehead atoms. The molecule has 0 unspecified atom stereocenters. The molecule has 0 aliphatic carbocycles. The van der Waals surface area contributed by atoms with E-state index in [0.29, 0.717) is 0 Å². The lowest BCUT2D eigenvalue weighted by molar-refractivity contribution is -0.138. The molecule has 2 nitrogen and oxygen atoms in total. The summed E-state index contributed by atoms with van der Waals surface area (Å²) in [6, 6.07) is 3.82. The Hall–Kier alpha value is -1.54. The van der Waals surface area contributed by atoms with E-state index in [0.717, 1.165) is 13.0 Å². The fourth-order valence-electron chi connectivity index (χ4n) is 1.50. The van der Waals surface area contributed by atoms with Crippen LogP contribution in [0.25, 0.3) is 0 Å². The van der Waals surface area contributed by atoms with Crippen LogP contribution in [0, 0.1) is 18.3 Å². The van der Waals surface area contributed by atoms with Crippen LogP contribution >= 0.6 is 11.6 Å². The van der Waals surface area contributed by atoms with Crippen molar-refractivity contribution in [1.29, 1.82) is 5.26 Å². The number of Topliss-reactive ketones (excluding diaryl/α,β-unsaturated/α-hetero) is 1. The highest BCUT2D eigenvalue weighted by Crippen LogP contribution is 2.36. The van der Waals surface area contributed by atoms with Gasteiger partial charge in [-0.25, -0.2) is 0 Å². The molecule has 0 aliphatic heterocycles. The quantitative estimate of drug-likeness (QED) is 0.605. The number of rotatable bonds is 2. The number of halogens is 4. The Labute approximate surface area is 101 Å². The van der Waals surface area contributed by atoms with Crippen molar-refractivity contribution in [3.05, 3.63) is 34.4 Å². The fraction of sp³-hybridized carbons (Fsp3) is 0.273. The molecule has 0 radical (unpaired) electrons. The van der Waals surface area contributed by atoms with Gasteiger partial charge in [0.1, 0.15) is 0 Å². The molecule has 0 aromatic heterocycles. The predicted octanol–water partition coefficient (Wildman–Crippen LogP) is 3.31. The Morgan fingerprint density at radius 1 is 1.47 bits per heavy atom. The summed E-state index contributed by atoms with van der Waals surface area (Å²) < 4.78 is 38.5. The number of ketones is 1. The van der Waals surface area contributed by atoms with E-state index < -0.39 is 29.0 Å². The van der Waals surface area contributed by atoms with Gasteiger partial charge in [0.25, 0.3) is 0 Å². The minimum Gasteiger partial charge on any atom is -0.293 e. The van der Waals surface area contributed by atoms with E-state index in [1.807, 2.05) is 0 Å². The molecular weight excluding hydrogens is 255 g/mol. The van der Waals surface area contributed by atoms with Crippen molar-refractivity contribution in [3.63, 3.8) is 0 Å². The minimum absolute atomic E-state index is 0.108. The first kappa shape index (κ1) is 13.5. The fourth-order valence-corrected chi connectivity index (χ4v) is 1.65. The van der Waals surface area contributed by atoms with Gasteiger partial charge >= 0.3 is 6.18 Å². The van der Waals surface area contributed by atoms with Gasteiger partial charge < -0.3 is 0 Å². The van der Waals surface area contributed by atoms with Crippen molar-refractivity contribution < 1.29 is 18.0 Å². The van der Waals surface area contributed by atoms with Crippen LogP contribution in [0.3, 0.4) is 0 Å². The lowest BCUT2D eigenvalue weighted by Gasteiger charge is -2.15. The van der Waals surface area contributed by atoms with Crippen LogP contribution in [-0.4, -0.2) is 11.7 Å². The normalized spacial score (nSPS) is 11.1. The van der Waals surface area contributed by atoms with Crippen LogP contribution in [-0.2, 0) is 6.18 Å². The van der Waals surface area contributed by atoms with E-state index in [9.17, 15) is 18.0 Å². The third kappa shape index (κ3) is 2.59. The van der Waals surface area contributed by atoms with Crippen molar-refractivity contribution >= 4 is 17.4 Å². The molecular formula is C11H7ClF3NO. The van der Waals surface area contributed by atoms with E-state index in [4.69, 9.17) is 16.9 Å². The highest BCUT2D eigenvalue weighted by atomic mass is 35.5. The molecule has 0 N–H and O–H groups in total. The molecule has 1 rings (SSSR count). The van der Waals surface area contributed by atoms with E-state index >= 15 is 0 Å². The van der Waals surface area contributed by atoms with Gasteiger partial charge in [-0.15, -0.1) is 11.6 Å². The second kappa shape index (κ2) is 4.76. The molecule has 1 aromatic rings. The minimum atomic E-state index is -4.69. The number of carbonyl (C=O) groups excluding carboxylic acids is 1. The second-order valence-electron chi connectivity index (χ2n) is 3.33. The molecule has 0 saturated carbocycles. The Bertz CT molecular complexity index is 503. The Morgan fingerprint density at radius 3 is 2.47 bits per heavy atom. The maximum Gasteiger partial charge on any atom is 0.417 e. The third-order valence-corrected chi connectivity index (χ3v) is 2.53. The first-order valence-corrected chi connectivity index (χ1v) is 5.06. The third-order valence-electron chi connectivity index (χ3n) is 2.29. The summed E-state index contributed by atoms with van der Waals surface area (Å²) >= 11 is 5.25. The monoisotopic (exact) mass is 261 g/mol. The number of benzene rings is 1. The van der Waals surface area contributed by atoms with Crippen molar-refractivity contribution in [3.8, 4) is 6.07 Å². The van der Waals surface area contributed by atoms with Crippen LogP contribution in [0.5, 0.6) is 0 Å². The summed E-state index contributed by atoms with van der Waals surface area (Å²) in [5.74, 6) is -1.35. The topological polar surface area (TPSA) is 40.9 Å². The summed E-state index contributed by atoms with van der Waals surface area (Å²) in [5, 5.41) is 8.67. The Kier molecular flexibility index (Phi) is 3.79. The van der Waals surface area contributed by atoms with Gasteiger partial charge in [-0.05, 0) is 24.6 Å². The second-order valence-corrected chi connectivity index (χ2v) is 3.59. The molecule has 0 aliphatic rings. The smallest absolute Gasteiger partial charge is 0.293 e. The zero-order chi connectivity index (χ0) is 13.2. The Balaban J connectivity index is 3.60. The van der Waals surface area contributed by atoms with Gasteiger partial charge in [0.2, 0.25) is 0 Å². The van der Waals surface area contributed by atoms with E-state index in [-0.39, 0.29) is 11.1 Å². The van der Waals surface area contributed by atoms with Crippen LogP contribution in [0.1, 0.15) is 27.0 Å². The van der Waals surface area contributed by atoms with Gasteiger partial charge in [0.15, 0.2) is 5.78 Å². The molecule has 17 heavy (non-hydrogen) atoms. The van der Waals surface area contributed by atoms with Crippen molar-refractivity contribution in [2.75, 3.05) is 5.88 Å². The lowest BCUT2D eigenvalue weighted by atomic mass is 9.95. The molecule has 0 amide bonds. The van der Waals surface area contributed by atoms with Gasteiger partial charge in [0, 0.05) is 5.56 Å². The van der Waals surface area contributed by atoms with Crippen LogP contribution < -0.4 is 0 Å².